The van der Waals surface area contributed by atoms with Crippen LogP contribution in [0.3, 0.4) is 0 Å². The number of hydrogen-bond acceptors (Lipinski definition) is 5. The Balaban J connectivity index is 1.63. The number of ether oxygens (including phenoxy) is 1. The molecule has 3 aliphatic heterocycles. The van der Waals surface area contributed by atoms with E-state index in [1.165, 1.54) is 24.9 Å². The number of likely N-dealkylation sites (N-methyl/N-ethyl adjacent to an activating group) is 1. The predicted molar refractivity (Wildman–Crippen MR) is 117 cm³/mol. The van der Waals surface area contributed by atoms with E-state index in [0.29, 0.717) is 36.9 Å². The molecule has 2 saturated heterocycles. The summed E-state index contributed by atoms with van der Waals surface area (Å²) in [5, 5.41) is 11.2. The van der Waals surface area contributed by atoms with Gasteiger partial charge in [-0.3, -0.25) is 4.90 Å². The standard InChI is InChI=1S/C24H33N3O3/c1-4-16-11-15-12-20-22(16)26(14-15)8-7-18-19-13-17(28)5-6-21(19)27(23(18)20)24(29)30-10-9-25(2)3/h5-6,13,15-16,20,22,28H,4,7-12,14H2,1-3H3/t15-,16-,20+,22?/m0/s1. The molecule has 0 amide bonds. The number of fused-ring (bicyclic) bond motifs is 4. The molecule has 5 atom stereocenters. The zero-order valence-electron chi connectivity index (χ0n) is 18.3. The van der Waals surface area contributed by atoms with Gasteiger partial charge in [-0.2, -0.15) is 0 Å². The van der Waals surface area contributed by atoms with Crippen molar-refractivity contribution < 1.29 is 14.6 Å². The highest BCUT2D eigenvalue weighted by atomic mass is 16.5. The first-order valence-corrected chi connectivity index (χ1v) is 11.4. The highest BCUT2D eigenvalue weighted by Gasteiger charge is 2.49. The Morgan fingerprint density at radius 3 is 2.90 bits per heavy atom. The van der Waals surface area contributed by atoms with Crippen LogP contribution in [0.4, 0.5) is 4.79 Å². The fourth-order valence-corrected chi connectivity index (χ4v) is 6.42. The number of aromatic hydroxyl groups is 1. The quantitative estimate of drug-likeness (QED) is 0.832. The molecule has 1 N–H and O–H groups in total. The summed E-state index contributed by atoms with van der Waals surface area (Å²) in [6, 6.07) is 5.90. The second kappa shape index (κ2) is 7.57. The Bertz CT molecular complexity index is 966. The summed E-state index contributed by atoms with van der Waals surface area (Å²) < 4.78 is 7.57. The summed E-state index contributed by atoms with van der Waals surface area (Å²) in [6.07, 6.45) is 4.30. The molecule has 2 unspecified atom stereocenters. The monoisotopic (exact) mass is 411 g/mol. The van der Waals surface area contributed by atoms with E-state index in [2.05, 4.69) is 11.8 Å². The van der Waals surface area contributed by atoms with Gasteiger partial charge in [-0.15, -0.1) is 0 Å². The molecule has 6 nitrogen and oxygen atoms in total. The molecule has 1 saturated carbocycles. The Morgan fingerprint density at radius 1 is 1.30 bits per heavy atom. The maximum absolute atomic E-state index is 13.3. The molecule has 6 heteroatoms. The summed E-state index contributed by atoms with van der Waals surface area (Å²) >= 11 is 0. The number of phenols is 1. The second-order valence-electron chi connectivity index (χ2n) is 9.67. The van der Waals surface area contributed by atoms with Crippen LogP contribution in [-0.4, -0.2) is 71.9 Å². The van der Waals surface area contributed by atoms with Gasteiger partial charge in [0.25, 0.3) is 0 Å². The summed E-state index contributed by atoms with van der Waals surface area (Å²) in [5.74, 6) is 2.01. The normalized spacial score (nSPS) is 29.8. The van der Waals surface area contributed by atoms with E-state index in [1.807, 2.05) is 35.7 Å². The Labute approximate surface area is 178 Å². The van der Waals surface area contributed by atoms with E-state index in [1.54, 1.807) is 6.07 Å². The molecular formula is C24H33N3O3. The molecule has 4 heterocycles. The van der Waals surface area contributed by atoms with Crippen molar-refractivity contribution in [3.8, 4) is 5.75 Å². The first kappa shape index (κ1) is 19.9. The van der Waals surface area contributed by atoms with Gasteiger partial charge in [-0.25, -0.2) is 9.36 Å². The number of aromatic nitrogens is 1. The lowest BCUT2D eigenvalue weighted by atomic mass is 9.65. The van der Waals surface area contributed by atoms with E-state index < -0.39 is 0 Å². The van der Waals surface area contributed by atoms with Gasteiger partial charge in [0.2, 0.25) is 0 Å². The SMILES string of the molecule is CC[C@H]1C[C@H]2C[C@H]3c4c(c5cc(O)ccc5n4C(=O)OCCN(C)C)CCN(C2)C13. The minimum absolute atomic E-state index is 0.254. The first-order chi connectivity index (χ1) is 14.5. The number of nitrogens with zero attached hydrogens (tertiary/aromatic N) is 3. The van der Waals surface area contributed by atoms with Crippen LogP contribution in [0.1, 0.15) is 43.4 Å². The van der Waals surface area contributed by atoms with Crippen molar-refractivity contribution in [2.45, 2.75) is 44.6 Å². The van der Waals surface area contributed by atoms with Crippen molar-refractivity contribution in [3.63, 3.8) is 0 Å². The Hall–Kier alpha value is -2.05. The van der Waals surface area contributed by atoms with Gasteiger partial charge >= 0.3 is 6.09 Å². The van der Waals surface area contributed by atoms with Crippen LogP contribution in [0.2, 0.25) is 0 Å². The summed E-state index contributed by atoms with van der Waals surface area (Å²) in [7, 11) is 3.96. The van der Waals surface area contributed by atoms with Crippen molar-refractivity contribution in [1.29, 1.82) is 0 Å². The third-order valence-electron chi connectivity index (χ3n) is 7.60. The number of hydrogen-bond donors (Lipinski definition) is 1. The van der Waals surface area contributed by atoms with Crippen LogP contribution in [0.15, 0.2) is 18.2 Å². The molecule has 6 rings (SSSR count). The van der Waals surface area contributed by atoms with Gasteiger partial charge in [0.1, 0.15) is 12.4 Å². The molecule has 3 fully saturated rings. The molecule has 0 spiro atoms. The number of benzene rings is 1. The van der Waals surface area contributed by atoms with Crippen LogP contribution >= 0.6 is 0 Å². The summed E-state index contributed by atoms with van der Waals surface area (Å²) in [6.45, 7) is 5.61. The number of rotatable bonds is 4. The fraction of sp³-hybridized carbons (Fsp3) is 0.625. The van der Waals surface area contributed by atoms with Crippen LogP contribution in [0, 0.1) is 11.8 Å². The summed E-state index contributed by atoms with van der Waals surface area (Å²) in [5.41, 5.74) is 3.26. The molecule has 1 aliphatic carbocycles. The van der Waals surface area contributed by atoms with Gasteiger partial charge in [0.05, 0.1) is 5.52 Å². The zero-order valence-corrected chi connectivity index (χ0v) is 18.3. The van der Waals surface area contributed by atoms with E-state index in [9.17, 15) is 9.90 Å². The smallest absolute Gasteiger partial charge is 0.418 e. The van der Waals surface area contributed by atoms with Crippen LogP contribution < -0.4 is 0 Å². The largest absolute Gasteiger partial charge is 0.508 e. The molecule has 162 valence electrons. The van der Waals surface area contributed by atoms with Gasteiger partial charge in [-0.1, -0.05) is 13.3 Å². The molecule has 4 bridgehead atoms. The molecule has 30 heavy (non-hydrogen) atoms. The maximum Gasteiger partial charge on any atom is 0.418 e. The van der Waals surface area contributed by atoms with Crippen LogP contribution in [0.5, 0.6) is 5.75 Å². The fourth-order valence-electron chi connectivity index (χ4n) is 6.42. The second-order valence-corrected chi connectivity index (χ2v) is 9.67. The zero-order chi connectivity index (χ0) is 21.0. The Morgan fingerprint density at radius 2 is 2.13 bits per heavy atom. The lowest BCUT2D eigenvalue weighted by Gasteiger charge is -2.53. The third kappa shape index (κ3) is 3.12. The lowest BCUT2D eigenvalue weighted by Crippen LogP contribution is -2.56. The van der Waals surface area contributed by atoms with Crippen LogP contribution in [-0.2, 0) is 11.2 Å². The number of phenolic OH excluding ortho intramolecular Hbond substituents is 1. The van der Waals surface area contributed by atoms with E-state index >= 15 is 0 Å². The van der Waals surface area contributed by atoms with E-state index in [-0.39, 0.29) is 11.8 Å². The molecule has 2 aromatic rings. The van der Waals surface area contributed by atoms with Crippen LogP contribution in [0.25, 0.3) is 10.9 Å². The average Bonchev–Trinajstić information content (AvgIpc) is 2.99. The average molecular weight is 412 g/mol. The molecule has 0 radical (unpaired) electrons. The van der Waals surface area contributed by atoms with Crippen molar-refractivity contribution in [3.05, 3.63) is 29.5 Å². The first-order valence-electron chi connectivity index (χ1n) is 11.4. The number of piperidine rings is 2. The molecule has 1 aromatic carbocycles. The Kier molecular flexibility index (Phi) is 5.02. The van der Waals surface area contributed by atoms with Gasteiger partial charge in [0.15, 0.2) is 0 Å². The van der Waals surface area contributed by atoms with E-state index in [0.717, 1.165) is 36.0 Å². The topological polar surface area (TPSA) is 57.9 Å². The minimum atomic E-state index is -0.281. The van der Waals surface area contributed by atoms with E-state index in [4.69, 9.17) is 4.74 Å². The lowest BCUT2D eigenvalue weighted by molar-refractivity contribution is -0.0141. The van der Waals surface area contributed by atoms with Crippen molar-refractivity contribution in [1.82, 2.24) is 14.4 Å². The minimum Gasteiger partial charge on any atom is -0.508 e. The highest BCUT2D eigenvalue weighted by Crippen LogP contribution is 2.52. The van der Waals surface area contributed by atoms with Gasteiger partial charge in [-0.05, 0) is 69.0 Å². The highest BCUT2D eigenvalue weighted by molar-refractivity contribution is 5.95. The number of carbonyl (C=O) groups is 1. The predicted octanol–water partition coefficient (Wildman–Crippen LogP) is 3.65. The number of carbonyl (C=O) groups excluding carboxylic acids is 1. The maximum atomic E-state index is 13.3. The molecule has 1 aromatic heterocycles. The third-order valence-corrected chi connectivity index (χ3v) is 7.60. The van der Waals surface area contributed by atoms with Gasteiger partial charge in [0, 0.05) is 42.7 Å². The van der Waals surface area contributed by atoms with Crippen molar-refractivity contribution in [2.24, 2.45) is 11.8 Å². The molecule has 4 aliphatic rings. The van der Waals surface area contributed by atoms with Crippen molar-refractivity contribution >= 4 is 17.0 Å². The van der Waals surface area contributed by atoms with Crippen molar-refractivity contribution in [2.75, 3.05) is 40.3 Å². The summed E-state index contributed by atoms with van der Waals surface area (Å²) in [4.78, 5) is 18.0. The van der Waals surface area contributed by atoms with Gasteiger partial charge < -0.3 is 14.7 Å². The molecular weight excluding hydrogens is 378 g/mol.